The molecule has 0 radical (unpaired) electrons. The van der Waals surface area contributed by atoms with Crippen LogP contribution in [0.15, 0.2) is 153 Å². The summed E-state index contributed by atoms with van der Waals surface area (Å²) in [7, 11) is 0. The molecule has 35 heteroatoms. The molecule has 0 aliphatic carbocycles. The molecule has 10 rings (SSSR count). The number of anilines is 6. The minimum atomic E-state index is -0.978. The molecule has 5 amide bonds. The highest BCUT2D eigenvalue weighted by atomic mass is 35.5. The summed E-state index contributed by atoms with van der Waals surface area (Å²) in [6.07, 6.45) is 9.34. The number of pyridine rings is 6. The molecule has 486 valence electrons. The van der Waals surface area contributed by atoms with Gasteiger partial charge in [-0.3, -0.25) is 45.8 Å². The molecule has 34 nitrogen and oxygen atoms in total. The van der Waals surface area contributed by atoms with Crippen molar-refractivity contribution < 1.29 is 47.9 Å². The van der Waals surface area contributed by atoms with E-state index < -0.39 is 28.3 Å². The van der Waals surface area contributed by atoms with Crippen molar-refractivity contribution in [2.75, 3.05) is 32.7 Å². The summed E-state index contributed by atoms with van der Waals surface area (Å²) in [5.74, 6) is 3.84. The Morgan fingerprint density at radius 2 is 0.968 bits per heavy atom. The Morgan fingerprint density at radius 3 is 1.34 bits per heavy atom. The van der Waals surface area contributed by atoms with E-state index in [2.05, 4.69) is 110 Å². The van der Waals surface area contributed by atoms with E-state index >= 15 is 0 Å². The van der Waals surface area contributed by atoms with Crippen LogP contribution in [0.2, 0.25) is 0 Å². The number of benzene rings is 1. The Kier molecular flexibility index (Phi) is 26.5. The number of nitrogens with zero attached hydrogens (tertiary/aromatic N) is 16. The summed E-state index contributed by atoms with van der Waals surface area (Å²) in [6, 6.07) is 30.3. The van der Waals surface area contributed by atoms with Gasteiger partial charge in [0.05, 0.1) is 10.5 Å². The number of halogens is 1. The third-order valence-electron chi connectivity index (χ3n) is 11.9. The number of aromatic nitrogens is 15. The van der Waals surface area contributed by atoms with Crippen molar-refractivity contribution in [2.24, 2.45) is 5.73 Å². The average Bonchev–Trinajstić information content (AvgIpc) is 2.85. The number of rotatable bonds is 19. The summed E-state index contributed by atoms with van der Waals surface area (Å²) in [5, 5.41) is 44.6. The topological polar surface area (TPSA) is 469 Å². The molecule has 0 aliphatic rings. The number of non-ortho nitro benzene ring substituents is 1. The number of nitro benzene ring substituents is 1. The highest BCUT2D eigenvalue weighted by molar-refractivity contribution is 6.61. The van der Waals surface area contributed by atoms with E-state index in [-0.39, 0.29) is 48.1 Å². The van der Waals surface area contributed by atoms with Gasteiger partial charge in [-0.05, 0) is 114 Å². The molecule has 9 aromatic heterocycles. The summed E-state index contributed by atoms with van der Waals surface area (Å²) in [6.45, 7) is 13.3. The maximum absolute atomic E-state index is 12.2. The van der Waals surface area contributed by atoms with Gasteiger partial charge in [0.25, 0.3) is 18.6 Å². The van der Waals surface area contributed by atoms with Crippen molar-refractivity contribution in [1.29, 1.82) is 0 Å². The van der Waals surface area contributed by atoms with Crippen LogP contribution >= 0.6 is 11.6 Å². The van der Waals surface area contributed by atoms with E-state index in [1.165, 1.54) is 48.8 Å². The average molecular weight is 1300 g/mol. The fraction of sp³-hybridized carbons (Fsp3) is 0.186. The van der Waals surface area contributed by atoms with Gasteiger partial charge >= 0.3 is 17.5 Å². The SMILES string of the molecule is CC(C)n1cnnc1-c1cccc(N)n1.CC(C)n1cnnc1-c1cccc(NC(=O)Nc2ccc(C(N)=O)cn2)n1.CC(C)n1cnnc1-c1cccc(NC(=O)Nc2ccc(COC=O)cn2)n1.Nc1ccc(COC=O)cn1.O=C(Cl)Oc1ccc([N+](=O)[O-])cc1. The number of nitrogen functional groups attached to an aromatic ring is 2. The van der Waals surface area contributed by atoms with Crippen LogP contribution in [-0.2, 0) is 32.3 Å². The zero-order chi connectivity index (χ0) is 68.1. The second kappa shape index (κ2) is 35.4. The van der Waals surface area contributed by atoms with Gasteiger partial charge < -0.3 is 45.1 Å². The van der Waals surface area contributed by atoms with E-state index in [9.17, 15) is 38.9 Å². The van der Waals surface area contributed by atoms with Gasteiger partial charge in [-0.2, -0.15) is 0 Å². The molecule has 10 N–H and O–H groups in total. The first kappa shape index (κ1) is 70.3. The lowest BCUT2D eigenvalue weighted by atomic mass is 10.3. The van der Waals surface area contributed by atoms with E-state index in [4.69, 9.17) is 28.8 Å². The van der Waals surface area contributed by atoms with E-state index in [0.717, 1.165) is 17.1 Å². The van der Waals surface area contributed by atoms with Crippen LogP contribution in [0, 0.1) is 10.1 Å². The number of amides is 5. The minimum Gasteiger partial charge on any atom is -0.463 e. The standard InChI is InChI=1S/C18H19N7O3.C17H18N8O2.C10H13N5.C7H4ClNO4.C7H8N2O2/c1-12(2)25-10-20-24-17(25)14-4-3-5-16(21-14)23-18(27)22-15-7-6-13(8-19-15)9-28-11-26;1-10(2)25-9-20-24-16(25)12-4-3-5-14(21-12)23-17(27)22-13-7-6-11(8-19-13)15(18)26;1-7(2)15-6-12-14-10(15)8-4-3-5-9(11)13-8;8-7(10)13-6-3-1-5(2-4-6)9(11)12;8-7-2-1-6(3-9-7)4-11-5-10/h3-8,10-12H,9H2,1-2H3,(H2,19,21,22,23,27);3-10H,1-2H3,(H2,18,26)(H2,19,21,22,23,27);3-7H,1-2H3,(H2,11,13);1-4H;1-3,5H,4H2,(H2,8,9). The zero-order valence-corrected chi connectivity index (χ0v) is 51.7. The normalized spacial score (nSPS) is 10.3. The molecular formula is C59H62ClN23O11. The third-order valence-corrected chi connectivity index (χ3v) is 12.0. The van der Waals surface area contributed by atoms with Crippen molar-refractivity contribution in [3.05, 3.63) is 180 Å². The molecule has 0 atom stereocenters. The number of hydrogen-bond donors (Lipinski definition) is 7. The van der Waals surface area contributed by atoms with Crippen molar-refractivity contribution in [2.45, 2.75) is 72.9 Å². The number of hydrogen-bond acceptors (Lipinski definition) is 25. The van der Waals surface area contributed by atoms with Gasteiger partial charge in [-0.15, -0.1) is 30.6 Å². The number of primary amides is 1. The number of carbonyl (C=O) groups excluding carboxylic acids is 6. The molecule has 0 saturated carbocycles. The Labute approximate surface area is 539 Å². The predicted octanol–water partition coefficient (Wildman–Crippen LogP) is 8.86. The van der Waals surface area contributed by atoms with Crippen LogP contribution in [0.4, 0.5) is 55.0 Å². The predicted molar refractivity (Wildman–Crippen MR) is 343 cm³/mol. The van der Waals surface area contributed by atoms with Crippen LogP contribution in [0.5, 0.6) is 5.75 Å². The first-order valence-electron chi connectivity index (χ1n) is 27.8. The Bertz CT molecular complexity index is 4110. The first-order chi connectivity index (χ1) is 45.1. The van der Waals surface area contributed by atoms with Crippen LogP contribution in [-0.4, -0.2) is 115 Å². The number of ether oxygens (including phenoxy) is 3. The minimum absolute atomic E-state index is 0.0747. The number of urea groups is 2. The second-order valence-electron chi connectivity index (χ2n) is 19.7. The smallest absolute Gasteiger partial charge is 0.409 e. The van der Waals surface area contributed by atoms with Gasteiger partial charge in [-0.25, -0.2) is 44.3 Å². The number of nitrogens with one attached hydrogen (secondary N) is 4. The molecule has 94 heavy (non-hydrogen) atoms. The van der Waals surface area contributed by atoms with Crippen LogP contribution in [0.1, 0.15) is 81.2 Å². The maximum Gasteiger partial charge on any atom is 0.409 e. The van der Waals surface area contributed by atoms with E-state index in [1.54, 1.807) is 91.9 Å². The fourth-order valence-electron chi connectivity index (χ4n) is 7.48. The maximum atomic E-state index is 12.2. The number of nitrogens with two attached hydrogens (primary N) is 3. The molecule has 0 unspecified atom stereocenters. The lowest BCUT2D eigenvalue weighted by Crippen LogP contribution is -2.21. The van der Waals surface area contributed by atoms with Gasteiger partial charge in [0.2, 0.25) is 5.91 Å². The summed E-state index contributed by atoms with van der Waals surface area (Å²) >= 11 is 4.92. The molecule has 9 heterocycles. The molecule has 0 fully saturated rings. The zero-order valence-electron chi connectivity index (χ0n) is 51.0. The monoisotopic (exact) mass is 1300 g/mol. The molecule has 10 aromatic rings. The molecule has 1 aromatic carbocycles. The molecular weight excluding hydrogens is 1240 g/mol. The van der Waals surface area contributed by atoms with Gasteiger partial charge in [0.1, 0.15) is 89.9 Å². The quantitative estimate of drug-likeness (QED) is 0.0172. The number of nitro groups is 1. The van der Waals surface area contributed by atoms with E-state index in [1.807, 2.05) is 53.5 Å². The molecule has 0 bridgehead atoms. The Morgan fingerprint density at radius 1 is 0.543 bits per heavy atom. The van der Waals surface area contributed by atoms with Crippen LogP contribution in [0.25, 0.3) is 34.6 Å². The van der Waals surface area contributed by atoms with Crippen molar-refractivity contribution >= 4 is 88.5 Å². The second-order valence-corrected chi connectivity index (χ2v) is 20.0. The van der Waals surface area contributed by atoms with Crippen LogP contribution in [0.3, 0.4) is 0 Å². The largest absolute Gasteiger partial charge is 0.463 e. The van der Waals surface area contributed by atoms with Crippen LogP contribution < -0.4 is 43.2 Å². The van der Waals surface area contributed by atoms with Gasteiger partial charge in [-0.1, -0.05) is 30.3 Å². The first-order valence-corrected chi connectivity index (χ1v) is 28.1. The van der Waals surface area contributed by atoms with Gasteiger partial charge in [0.15, 0.2) is 17.5 Å². The Hall–Kier alpha value is -12.8. The van der Waals surface area contributed by atoms with Crippen molar-refractivity contribution in [1.82, 2.24) is 74.2 Å². The molecule has 0 spiro atoms. The highest BCUT2D eigenvalue weighted by Gasteiger charge is 2.16. The number of carbonyl (C=O) groups is 6. The fourth-order valence-corrected chi connectivity index (χ4v) is 7.57. The lowest BCUT2D eigenvalue weighted by Gasteiger charge is -2.11. The Balaban J connectivity index is 0.000000196. The summed E-state index contributed by atoms with van der Waals surface area (Å²) in [4.78, 5) is 100. The lowest BCUT2D eigenvalue weighted by molar-refractivity contribution is -0.384. The third kappa shape index (κ3) is 22.4. The van der Waals surface area contributed by atoms with Crippen molar-refractivity contribution in [3.8, 4) is 40.3 Å². The van der Waals surface area contributed by atoms with E-state index in [0.29, 0.717) is 76.7 Å². The summed E-state index contributed by atoms with van der Waals surface area (Å²) in [5.41, 5.74) is 18.8. The molecule has 0 aliphatic heterocycles. The summed E-state index contributed by atoms with van der Waals surface area (Å²) < 4.78 is 19.3. The highest BCUT2D eigenvalue weighted by Crippen LogP contribution is 2.23. The van der Waals surface area contributed by atoms with Crippen molar-refractivity contribution in [3.63, 3.8) is 0 Å². The molecule has 0 saturated heterocycles. The van der Waals surface area contributed by atoms with Gasteiger partial charge in [0, 0.05) is 71.6 Å².